The van der Waals surface area contributed by atoms with Gasteiger partial charge in [-0.3, -0.25) is 19.3 Å². The highest BCUT2D eigenvalue weighted by Crippen LogP contribution is 2.65. The first-order chi connectivity index (χ1) is 16.1. The van der Waals surface area contributed by atoms with E-state index in [4.69, 9.17) is 11.6 Å². The van der Waals surface area contributed by atoms with E-state index in [1.807, 2.05) is 0 Å². The lowest BCUT2D eigenvalue weighted by Gasteiger charge is -2.37. The van der Waals surface area contributed by atoms with Gasteiger partial charge in [0.1, 0.15) is 0 Å². The Balaban J connectivity index is 1.11. The van der Waals surface area contributed by atoms with Gasteiger partial charge in [-0.25, -0.2) is 0 Å². The Morgan fingerprint density at radius 3 is 2.12 bits per heavy atom. The Morgan fingerprint density at radius 2 is 1.56 bits per heavy atom. The molecule has 1 aromatic rings. The van der Waals surface area contributed by atoms with Crippen LogP contribution in [0.4, 0.5) is 18.9 Å². The summed E-state index contributed by atoms with van der Waals surface area (Å²) in [7, 11) is 0. The number of benzene rings is 1. The van der Waals surface area contributed by atoms with E-state index in [0.717, 1.165) is 24.6 Å². The molecule has 9 heteroatoms. The quantitative estimate of drug-likeness (QED) is 0.481. The van der Waals surface area contributed by atoms with Crippen LogP contribution in [0.25, 0.3) is 0 Å². The lowest BCUT2D eigenvalue weighted by molar-refractivity contribution is -0.144. The van der Waals surface area contributed by atoms with Crippen LogP contribution in [0.3, 0.4) is 0 Å². The number of rotatable bonds is 3. The number of hydrogen-bond acceptors (Lipinski definition) is 3. The first-order valence-corrected chi connectivity index (χ1v) is 12.3. The number of halogens is 4. The Labute approximate surface area is 199 Å². The molecule has 3 amide bonds. The lowest BCUT2D eigenvalue weighted by Crippen LogP contribution is -2.44. The third-order valence-electron chi connectivity index (χ3n) is 8.68. The molecule has 1 heterocycles. The second-order valence-corrected chi connectivity index (χ2v) is 10.8. The molecule has 5 nitrogen and oxygen atoms in total. The molecule has 0 unspecified atom stereocenters. The standard InChI is InChI=1S/C25H24ClF3N2O3/c26-18-8-3-12(25(27,28)29)9-19(18)30-22(32)11-1-4-13(5-2-11)31-23(33)20-14-6-7-15(17-10-16(14)17)21(20)24(31)34/h3,6-9,11,13-17,20-21H,1-2,4-5,10H2,(H,30,32)/t11?,13?,14-,15-,16-,17-,20+,21+/m0/s1. The molecule has 34 heavy (non-hydrogen) atoms. The van der Waals surface area contributed by atoms with Gasteiger partial charge < -0.3 is 5.32 Å². The number of imide groups is 1. The van der Waals surface area contributed by atoms with E-state index in [1.165, 1.54) is 4.90 Å². The van der Waals surface area contributed by atoms with Gasteiger partial charge in [0.15, 0.2) is 0 Å². The van der Waals surface area contributed by atoms with Gasteiger partial charge in [0.2, 0.25) is 17.7 Å². The number of hydrogen-bond donors (Lipinski definition) is 1. The average molecular weight is 493 g/mol. The first-order valence-electron chi connectivity index (χ1n) is 11.9. The van der Waals surface area contributed by atoms with Crippen molar-refractivity contribution in [3.8, 4) is 0 Å². The number of anilines is 1. The fraction of sp³-hybridized carbons (Fsp3) is 0.560. The van der Waals surface area contributed by atoms with Gasteiger partial charge in [-0.15, -0.1) is 0 Å². The first kappa shape index (κ1) is 22.1. The van der Waals surface area contributed by atoms with Crippen molar-refractivity contribution in [2.24, 2.45) is 41.4 Å². The van der Waals surface area contributed by atoms with E-state index in [9.17, 15) is 27.6 Å². The minimum atomic E-state index is -4.54. The predicted molar refractivity (Wildman–Crippen MR) is 117 cm³/mol. The summed E-state index contributed by atoms with van der Waals surface area (Å²) in [6.07, 6.45) is 2.81. The number of carbonyl (C=O) groups is 3. The smallest absolute Gasteiger partial charge is 0.325 e. The summed E-state index contributed by atoms with van der Waals surface area (Å²) in [4.78, 5) is 40.9. The minimum absolute atomic E-state index is 0.0344. The Hall–Kier alpha value is -2.35. The van der Waals surface area contributed by atoms with E-state index in [0.29, 0.717) is 37.5 Å². The van der Waals surface area contributed by atoms with Crippen LogP contribution in [-0.4, -0.2) is 28.7 Å². The minimum Gasteiger partial charge on any atom is -0.325 e. The van der Waals surface area contributed by atoms with Gasteiger partial charge in [-0.2, -0.15) is 13.2 Å². The summed E-state index contributed by atoms with van der Waals surface area (Å²) in [5.74, 6) is 0.0983. The fourth-order valence-corrected chi connectivity index (χ4v) is 7.13. The molecular formula is C25H24ClF3N2O3. The largest absolute Gasteiger partial charge is 0.416 e. The number of likely N-dealkylation sites (tertiary alicyclic amines) is 1. The molecular weight excluding hydrogens is 469 g/mol. The second kappa shape index (κ2) is 7.57. The van der Waals surface area contributed by atoms with Gasteiger partial charge >= 0.3 is 6.18 Å². The monoisotopic (exact) mass is 492 g/mol. The molecule has 0 radical (unpaired) electrons. The van der Waals surface area contributed by atoms with Crippen LogP contribution in [0, 0.1) is 41.4 Å². The third kappa shape index (κ3) is 3.32. The van der Waals surface area contributed by atoms with Gasteiger partial charge in [-0.1, -0.05) is 23.8 Å². The molecule has 1 saturated heterocycles. The van der Waals surface area contributed by atoms with Crippen molar-refractivity contribution >= 4 is 35.0 Å². The molecule has 2 bridgehead atoms. The van der Waals surface area contributed by atoms with E-state index in [-0.39, 0.29) is 52.2 Å². The van der Waals surface area contributed by atoms with Crippen molar-refractivity contribution in [1.82, 2.24) is 4.90 Å². The fourth-order valence-electron chi connectivity index (χ4n) is 6.97. The highest BCUT2D eigenvalue weighted by atomic mass is 35.5. The van der Waals surface area contributed by atoms with Gasteiger partial charge in [0.25, 0.3) is 0 Å². The molecule has 6 atom stereocenters. The number of nitrogens with one attached hydrogen (secondary N) is 1. The van der Waals surface area contributed by atoms with Gasteiger partial charge in [0.05, 0.1) is 28.1 Å². The molecule has 6 aliphatic rings. The molecule has 180 valence electrons. The number of alkyl halides is 3. The Morgan fingerprint density at radius 1 is 0.971 bits per heavy atom. The summed E-state index contributed by atoms with van der Waals surface area (Å²) < 4.78 is 39.0. The number of nitrogens with zero attached hydrogens (tertiary/aromatic N) is 1. The number of amides is 3. The van der Waals surface area contributed by atoms with Crippen LogP contribution in [0.15, 0.2) is 30.4 Å². The molecule has 0 spiro atoms. The number of carbonyl (C=O) groups excluding carboxylic acids is 3. The van der Waals surface area contributed by atoms with Crippen LogP contribution in [0.2, 0.25) is 5.02 Å². The molecule has 5 aliphatic carbocycles. The zero-order valence-corrected chi connectivity index (χ0v) is 19.0. The van der Waals surface area contributed by atoms with Crippen LogP contribution in [0.5, 0.6) is 0 Å². The van der Waals surface area contributed by atoms with Crippen LogP contribution < -0.4 is 5.32 Å². The van der Waals surface area contributed by atoms with Gasteiger partial charge in [-0.05, 0) is 74.0 Å². The van der Waals surface area contributed by atoms with Crippen molar-refractivity contribution in [2.75, 3.05) is 5.32 Å². The molecule has 0 aromatic heterocycles. The molecule has 1 aromatic carbocycles. The highest BCUT2D eigenvalue weighted by molar-refractivity contribution is 6.33. The zero-order valence-electron chi connectivity index (χ0n) is 18.2. The van der Waals surface area contributed by atoms with Crippen LogP contribution in [0.1, 0.15) is 37.7 Å². The van der Waals surface area contributed by atoms with E-state index in [2.05, 4.69) is 17.5 Å². The average Bonchev–Trinajstić information content (AvgIpc) is 3.58. The summed E-state index contributed by atoms with van der Waals surface area (Å²) in [6, 6.07) is 2.60. The summed E-state index contributed by atoms with van der Waals surface area (Å²) >= 11 is 6.00. The molecule has 1 N–H and O–H groups in total. The molecule has 7 rings (SSSR count). The molecule has 1 aliphatic heterocycles. The zero-order chi connectivity index (χ0) is 23.9. The summed E-state index contributed by atoms with van der Waals surface area (Å²) in [6.45, 7) is 0. The normalized spacial score (nSPS) is 38.1. The molecule has 4 fully saturated rings. The van der Waals surface area contributed by atoms with Crippen LogP contribution in [-0.2, 0) is 20.6 Å². The van der Waals surface area contributed by atoms with Crippen LogP contribution >= 0.6 is 11.6 Å². The maximum absolute atomic E-state index is 13.3. The number of allylic oxidation sites excluding steroid dienone is 2. The Bertz CT molecular complexity index is 1080. The summed E-state index contributed by atoms with van der Waals surface area (Å²) in [5, 5.41) is 2.57. The van der Waals surface area contributed by atoms with Gasteiger partial charge in [0, 0.05) is 12.0 Å². The summed E-state index contributed by atoms with van der Waals surface area (Å²) in [5.41, 5.74) is -0.955. The highest BCUT2D eigenvalue weighted by Gasteiger charge is 2.67. The maximum atomic E-state index is 13.3. The second-order valence-electron chi connectivity index (χ2n) is 10.4. The Kier molecular flexibility index (Phi) is 4.93. The van der Waals surface area contributed by atoms with Crippen molar-refractivity contribution in [3.05, 3.63) is 40.9 Å². The lowest BCUT2D eigenvalue weighted by atomic mass is 9.63. The van der Waals surface area contributed by atoms with E-state index < -0.39 is 23.6 Å². The maximum Gasteiger partial charge on any atom is 0.416 e. The predicted octanol–water partition coefficient (Wildman–Crippen LogP) is 4.91. The van der Waals surface area contributed by atoms with Crippen molar-refractivity contribution in [2.45, 2.75) is 44.3 Å². The molecule has 3 saturated carbocycles. The van der Waals surface area contributed by atoms with E-state index in [1.54, 1.807) is 0 Å². The third-order valence-corrected chi connectivity index (χ3v) is 9.01. The van der Waals surface area contributed by atoms with Crippen molar-refractivity contribution in [3.63, 3.8) is 0 Å². The van der Waals surface area contributed by atoms with Crippen molar-refractivity contribution in [1.29, 1.82) is 0 Å². The topological polar surface area (TPSA) is 66.5 Å². The SMILES string of the molecule is O=C(Nc1cc(C(F)(F)F)ccc1Cl)C1CCC(N2C(=O)[C@@H]3[C@H]4C=C[C@@H]([C@@H]5C[C@@H]45)[C@H]3C2=O)CC1. The van der Waals surface area contributed by atoms with Crippen molar-refractivity contribution < 1.29 is 27.6 Å². The van der Waals surface area contributed by atoms with E-state index >= 15 is 0 Å².